The monoisotopic (exact) mass is 966 g/mol. The molecule has 0 radical (unpaired) electrons. The zero-order chi connectivity index (χ0) is 41.0. The van der Waals surface area contributed by atoms with Gasteiger partial charge in [-0.25, -0.2) is 29.5 Å². The summed E-state index contributed by atoms with van der Waals surface area (Å²) in [6.07, 6.45) is 21.4. The van der Waals surface area contributed by atoms with Crippen molar-refractivity contribution in [3.05, 3.63) is 51.4 Å². The van der Waals surface area contributed by atoms with Crippen LogP contribution in [0.2, 0.25) is 5.28 Å². The summed E-state index contributed by atoms with van der Waals surface area (Å²) in [5, 5.41) is 10.1. The van der Waals surface area contributed by atoms with Gasteiger partial charge in [0.15, 0.2) is 11.3 Å². The van der Waals surface area contributed by atoms with E-state index in [-0.39, 0.29) is 38.5 Å². The van der Waals surface area contributed by atoms with E-state index in [1.807, 2.05) is 58.3 Å². The number of carbonyl (C=O) groups excluding carboxylic acids is 2. The Kier molecular flexibility index (Phi) is 16.5. The number of alkyl carbamates (subject to hydrolysis) is 2. The molecule has 2 saturated heterocycles. The largest absolute Gasteiger partial charge is 0.444 e. The number of anilines is 1. The molecule has 2 amide bonds. The molecule has 2 spiro atoms. The van der Waals surface area contributed by atoms with Crippen molar-refractivity contribution in [2.24, 2.45) is 10.8 Å². The van der Waals surface area contributed by atoms with E-state index in [1.165, 1.54) is 25.7 Å². The SMILES string of the molecule is C.C.CC(C)(C)OC(=O)N[C@@H]1CCCC12CCN(c1ncc(Br)c3nccn13)CC2.CC(C)(C)OC(=O)N[C@@H]1CCCC12CCNCC2.Clc1ncc(Br)c2nccn12. The summed E-state index contributed by atoms with van der Waals surface area (Å²) in [6, 6.07) is 0.491. The third-order valence-corrected chi connectivity index (χ3v) is 12.9. The Labute approximate surface area is 372 Å². The standard InChI is InChI=1S/C20H28BrN5O2.C14H26N2O2.C6H3BrClN3.2CH4/c1-19(2,3)28-18(27)24-15-5-4-6-20(15)7-10-25(11-8-20)17-23-13-14(21)16-22-9-12-26(16)17;1-13(2,3)18-12(17)16-11-5-4-6-14(11)7-9-15-10-8-14;7-4-3-10-6(8)11-2-1-9-5(4)11;;/h9,12-13,15H,4-8,10-11H2,1-3H3,(H,24,27);11,15H,4-10H2,1-3H3,(H,16,17);1-3H;2*1H4/t15-;11-;;;/m11.../s1. The van der Waals surface area contributed by atoms with Gasteiger partial charge in [0.25, 0.3) is 0 Å². The molecule has 0 aromatic carbocycles. The van der Waals surface area contributed by atoms with Crippen LogP contribution in [-0.2, 0) is 9.47 Å². The smallest absolute Gasteiger partial charge is 0.407 e. The van der Waals surface area contributed by atoms with Gasteiger partial charge in [-0.3, -0.25) is 8.80 Å². The second-order valence-electron chi connectivity index (χ2n) is 17.7. The first-order valence-corrected chi connectivity index (χ1v) is 22.0. The van der Waals surface area contributed by atoms with E-state index in [1.54, 1.807) is 29.2 Å². The van der Waals surface area contributed by atoms with Gasteiger partial charge in [-0.2, -0.15) is 0 Å². The summed E-state index contributed by atoms with van der Waals surface area (Å²) in [4.78, 5) is 43.6. The number of carbonyl (C=O) groups is 2. The predicted octanol–water partition coefficient (Wildman–Crippen LogP) is 10.0. The molecule has 2 atom stereocenters. The van der Waals surface area contributed by atoms with E-state index in [2.05, 4.69) is 72.6 Å². The van der Waals surface area contributed by atoms with Crippen molar-refractivity contribution in [3.63, 3.8) is 0 Å². The van der Waals surface area contributed by atoms with Crippen LogP contribution in [0.1, 0.15) is 121 Å². The Hall–Kier alpha value is -3.21. The van der Waals surface area contributed by atoms with Gasteiger partial charge >= 0.3 is 12.2 Å². The molecule has 14 nitrogen and oxygen atoms in total. The quantitative estimate of drug-likeness (QED) is 0.169. The van der Waals surface area contributed by atoms with E-state index in [9.17, 15) is 9.59 Å². The fourth-order valence-electron chi connectivity index (χ4n) is 8.87. The molecule has 3 N–H and O–H groups in total. The van der Waals surface area contributed by atoms with Gasteiger partial charge in [0, 0.05) is 62.4 Å². The highest BCUT2D eigenvalue weighted by Crippen LogP contribution is 2.47. The predicted molar refractivity (Wildman–Crippen MR) is 242 cm³/mol. The topological polar surface area (TPSA) is 152 Å². The zero-order valence-electron chi connectivity index (χ0n) is 33.9. The molecule has 2 aliphatic carbocycles. The maximum absolute atomic E-state index is 12.3. The van der Waals surface area contributed by atoms with E-state index in [0.29, 0.717) is 16.7 Å². The van der Waals surface area contributed by atoms with Crippen LogP contribution in [0, 0.1) is 10.8 Å². The summed E-state index contributed by atoms with van der Waals surface area (Å²) in [5.41, 5.74) is 1.27. The molecule has 4 aromatic heterocycles. The fraction of sp³-hybridized carbons (Fsp3) is 0.667. The number of piperidine rings is 2. The Morgan fingerprint density at radius 1 is 0.729 bits per heavy atom. The lowest BCUT2D eigenvalue weighted by atomic mass is 9.74. The number of aromatic nitrogens is 6. The Bertz CT molecular complexity index is 1960. The number of amides is 2. The van der Waals surface area contributed by atoms with Crippen LogP contribution in [0.4, 0.5) is 15.5 Å². The summed E-state index contributed by atoms with van der Waals surface area (Å²) < 4.78 is 16.3. The van der Waals surface area contributed by atoms with Gasteiger partial charge in [-0.05, 0) is 160 Å². The van der Waals surface area contributed by atoms with Crippen LogP contribution < -0.4 is 20.9 Å². The molecule has 328 valence electrons. The van der Waals surface area contributed by atoms with Gasteiger partial charge in [-0.15, -0.1) is 0 Å². The summed E-state index contributed by atoms with van der Waals surface area (Å²) >= 11 is 12.6. The highest BCUT2D eigenvalue weighted by molar-refractivity contribution is 9.11. The molecule has 8 rings (SSSR count). The van der Waals surface area contributed by atoms with Gasteiger partial charge in [-0.1, -0.05) is 27.7 Å². The van der Waals surface area contributed by atoms with Crippen molar-refractivity contribution in [3.8, 4) is 0 Å². The minimum absolute atomic E-state index is 0. The Morgan fingerprint density at radius 3 is 1.68 bits per heavy atom. The second kappa shape index (κ2) is 20.1. The van der Waals surface area contributed by atoms with Crippen molar-refractivity contribution in [1.29, 1.82) is 0 Å². The molecule has 0 bridgehead atoms. The number of halogens is 3. The average molecular weight is 969 g/mol. The van der Waals surface area contributed by atoms with E-state index in [4.69, 9.17) is 21.1 Å². The third kappa shape index (κ3) is 12.0. The summed E-state index contributed by atoms with van der Waals surface area (Å²) in [7, 11) is 0. The normalized spacial score (nSPS) is 20.7. The highest BCUT2D eigenvalue weighted by atomic mass is 79.9. The molecule has 0 unspecified atom stereocenters. The zero-order valence-corrected chi connectivity index (χ0v) is 37.8. The molecule has 2 aliphatic heterocycles. The number of imidazole rings is 2. The summed E-state index contributed by atoms with van der Waals surface area (Å²) in [5.74, 6) is 0.931. The van der Waals surface area contributed by atoms with Crippen LogP contribution in [0.3, 0.4) is 0 Å². The molecule has 2 saturated carbocycles. The number of fused-ring (bicyclic) bond motifs is 2. The van der Waals surface area contributed by atoms with Gasteiger partial charge < -0.3 is 30.3 Å². The molecular formula is C42H65Br2ClN10O4. The summed E-state index contributed by atoms with van der Waals surface area (Å²) in [6.45, 7) is 15.4. The second-order valence-corrected chi connectivity index (χ2v) is 19.7. The van der Waals surface area contributed by atoms with E-state index in [0.717, 1.165) is 90.9 Å². The van der Waals surface area contributed by atoms with Crippen molar-refractivity contribution >= 4 is 72.9 Å². The van der Waals surface area contributed by atoms with E-state index >= 15 is 0 Å². The molecule has 4 aliphatic rings. The number of rotatable bonds is 3. The maximum Gasteiger partial charge on any atom is 0.407 e. The lowest BCUT2D eigenvalue weighted by molar-refractivity contribution is 0.0429. The highest BCUT2D eigenvalue weighted by Gasteiger charge is 2.47. The van der Waals surface area contributed by atoms with Crippen molar-refractivity contribution < 1.29 is 19.1 Å². The fourth-order valence-corrected chi connectivity index (χ4v) is 9.85. The first kappa shape index (κ1) is 48.5. The lowest BCUT2D eigenvalue weighted by Gasteiger charge is -2.43. The van der Waals surface area contributed by atoms with Crippen LogP contribution >= 0.6 is 43.5 Å². The maximum atomic E-state index is 12.3. The first-order valence-electron chi connectivity index (χ1n) is 20.0. The molecular weight excluding hydrogens is 904 g/mol. The Balaban J connectivity index is 0.000000212. The van der Waals surface area contributed by atoms with Crippen LogP contribution in [-0.4, -0.2) is 90.4 Å². The molecule has 4 aromatic rings. The number of nitrogens with one attached hydrogen (secondary N) is 3. The minimum Gasteiger partial charge on any atom is -0.444 e. The van der Waals surface area contributed by atoms with Crippen molar-refractivity contribution in [1.82, 2.24) is 44.7 Å². The minimum atomic E-state index is -0.470. The van der Waals surface area contributed by atoms with E-state index < -0.39 is 11.2 Å². The van der Waals surface area contributed by atoms with Gasteiger partial charge in [0.05, 0.1) is 8.95 Å². The Morgan fingerprint density at radius 2 is 1.19 bits per heavy atom. The number of nitrogens with zero attached hydrogens (tertiary/aromatic N) is 7. The first-order chi connectivity index (χ1) is 27.0. The van der Waals surface area contributed by atoms with Crippen LogP contribution in [0.25, 0.3) is 11.3 Å². The van der Waals surface area contributed by atoms with Gasteiger partial charge in [0.1, 0.15) is 11.2 Å². The average Bonchev–Trinajstić information content (AvgIpc) is 3.96. The van der Waals surface area contributed by atoms with Crippen LogP contribution in [0.15, 0.2) is 46.1 Å². The lowest BCUT2D eigenvalue weighted by Crippen LogP contribution is -2.51. The number of ether oxygens (including phenoxy) is 2. The van der Waals surface area contributed by atoms with Crippen LogP contribution in [0.5, 0.6) is 0 Å². The molecule has 4 fully saturated rings. The van der Waals surface area contributed by atoms with Crippen molar-refractivity contribution in [2.45, 2.75) is 144 Å². The number of hydrogen-bond acceptors (Lipinski definition) is 10. The van der Waals surface area contributed by atoms with Gasteiger partial charge in [0.2, 0.25) is 11.2 Å². The molecule has 6 heterocycles. The van der Waals surface area contributed by atoms with Crippen molar-refractivity contribution in [2.75, 3.05) is 31.1 Å². The number of hydrogen-bond donors (Lipinski definition) is 3. The molecule has 17 heteroatoms. The third-order valence-electron chi connectivity index (χ3n) is 11.5. The molecule has 59 heavy (non-hydrogen) atoms.